The summed E-state index contributed by atoms with van der Waals surface area (Å²) in [7, 11) is 0. The summed E-state index contributed by atoms with van der Waals surface area (Å²) in [5.41, 5.74) is 6.99. The van der Waals surface area contributed by atoms with E-state index in [1.807, 2.05) is 18.2 Å². The van der Waals surface area contributed by atoms with Crippen molar-refractivity contribution in [3.05, 3.63) is 29.3 Å². The van der Waals surface area contributed by atoms with Gasteiger partial charge < -0.3 is 10.6 Å². The molecule has 0 radical (unpaired) electrons. The number of rotatable bonds is 1. The molecular formula is C11H16Cl2N2. The van der Waals surface area contributed by atoms with Crippen LogP contribution in [-0.4, -0.2) is 19.1 Å². The molecule has 0 aromatic heterocycles. The first-order chi connectivity index (χ1) is 6.77. The van der Waals surface area contributed by atoms with Gasteiger partial charge in [0.1, 0.15) is 0 Å². The van der Waals surface area contributed by atoms with Gasteiger partial charge in [0.15, 0.2) is 0 Å². The van der Waals surface area contributed by atoms with Crippen LogP contribution in [0.15, 0.2) is 24.3 Å². The molecule has 1 aromatic rings. The van der Waals surface area contributed by atoms with Gasteiger partial charge in [-0.3, -0.25) is 0 Å². The largest absolute Gasteiger partial charge is 0.370 e. The average Bonchev–Trinajstić information content (AvgIpc) is 2.20. The Morgan fingerprint density at radius 3 is 2.40 bits per heavy atom. The average molecular weight is 247 g/mol. The lowest BCUT2D eigenvalue weighted by Gasteiger charge is -2.32. The molecule has 2 N–H and O–H groups in total. The minimum atomic E-state index is 0. The molecule has 1 aromatic carbocycles. The minimum absolute atomic E-state index is 0. The number of halogens is 2. The first-order valence-electron chi connectivity index (χ1n) is 5.02. The third-order valence-electron chi connectivity index (χ3n) is 2.73. The van der Waals surface area contributed by atoms with Crippen molar-refractivity contribution < 1.29 is 0 Å². The highest BCUT2D eigenvalue weighted by Gasteiger charge is 2.17. The van der Waals surface area contributed by atoms with Gasteiger partial charge in [-0.1, -0.05) is 23.7 Å². The molecule has 1 aliphatic heterocycles. The molecule has 1 fully saturated rings. The Balaban J connectivity index is 0.00000112. The Hall–Kier alpha value is -0.440. The van der Waals surface area contributed by atoms with Crippen LogP contribution in [-0.2, 0) is 0 Å². The van der Waals surface area contributed by atoms with E-state index in [4.69, 9.17) is 17.3 Å². The van der Waals surface area contributed by atoms with E-state index >= 15 is 0 Å². The molecule has 1 saturated heterocycles. The molecule has 0 saturated carbocycles. The van der Waals surface area contributed by atoms with Crippen LogP contribution < -0.4 is 10.6 Å². The van der Waals surface area contributed by atoms with Crippen LogP contribution in [0.5, 0.6) is 0 Å². The Kier molecular flexibility index (Phi) is 4.71. The van der Waals surface area contributed by atoms with Crippen LogP contribution >= 0.6 is 24.0 Å². The topological polar surface area (TPSA) is 29.3 Å². The quantitative estimate of drug-likeness (QED) is 0.826. The summed E-state index contributed by atoms with van der Waals surface area (Å²) in [6, 6.07) is 8.36. The molecule has 0 bridgehead atoms. The second-order valence-electron chi connectivity index (χ2n) is 3.78. The summed E-state index contributed by atoms with van der Waals surface area (Å²) in [6.45, 7) is 2.04. The maximum Gasteiger partial charge on any atom is 0.0639 e. The van der Waals surface area contributed by atoms with Gasteiger partial charge in [0, 0.05) is 19.1 Å². The second kappa shape index (κ2) is 5.59. The Labute approximate surface area is 102 Å². The number of hydrogen-bond acceptors (Lipinski definition) is 2. The number of hydrogen-bond donors (Lipinski definition) is 1. The maximum atomic E-state index is 6.12. The summed E-state index contributed by atoms with van der Waals surface area (Å²) in [4.78, 5) is 2.31. The molecule has 1 heterocycles. The van der Waals surface area contributed by atoms with Crippen LogP contribution in [0, 0.1) is 0 Å². The molecule has 4 heteroatoms. The van der Waals surface area contributed by atoms with Gasteiger partial charge >= 0.3 is 0 Å². The highest BCUT2D eigenvalue weighted by molar-refractivity contribution is 6.33. The minimum Gasteiger partial charge on any atom is -0.370 e. The van der Waals surface area contributed by atoms with Crippen LogP contribution in [0.1, 0.15) is 12.8 Å². The van der Waals surface area contributed by atoms with Gasteiger partial charge in [0.05, 0.1) is 10.7 Å². The third-order valence-corrected chi connectivity index (χ3v) is 3.05. The van der Waals surface area contributed by atoms with Crippen LogP contribution in [0.3, 0.4) is 0 Å². The predicted molar refractivity (Wildman–Crippen MR) is 68.1 cm³/mol. The SMILES string of the molecule is Cl.NC1CCN(c2ccccc2Cl)CC1. The second-order valence-corrected chi connectivity index (χ2v) is 4.18. The zero-order valence-electron chi connectivity index (χ0n) is 8.53. The fourth-order valence-corrected chi connectivity index (χ4v) is 2.10. The van der Waals surface area contributed by atoms with Gasteiger partial charge in [-0.2, -0.15) is 0 Å². The van der Waals surface area contributed by atoms with E-state index < -0.39 is 0 Å². The third kappa shape index (κ3) is 3.00. The van der Waals surface area contributed by atoms with E-state index in [0.717, 1.165) is 36.6 Å². The monoisotopic (exact) mass is 246 g/mol. The van der Waals surface area contributed by atoms with Crippen molar-refractivity contribution in [1.82, 2.24) is 0 Å². The smallest absolute Gasteiger partial charge is 0.0639 e. The van der Waals surface area contributed by atoms with E-state index in [1.165, 1.54) is 0 Å². The van der Waals surface area contributed by atoms with Gasteiger partial charge in [-0.25, -0.2) is 0 Å². The fourth-order valence-electron chi connectivity index (χ4n) is 1.85. The molecule has 0 amide bonds. The summed E-state index contributed by atoms with van der Waals surface area (Å²) >= 11 is 6.12. The molecular weight excluding hydrogens is 231 g/mol. The summed E-state index contributed by atoms with van der Waals surface area (Å²) in [6.07, 6.45) is 2.12. The van der Waals surface area contributed by atoms with E-state index in [0.29, 0.717) is 6.04 Å². The Bertz CT molecular complexity index is 309. The van der Waals surface area contributed by atoms with Crippen molar-refractivity contribution in [2.24, 2.45) is 5.73 Å². The number of anilines is 1. The number of nitrogens with two attached hydrogens (primary N) is 1. The van der Waals surface area contributed by atoms with Gasteiger partial charge in [-0.15, -0.1) is 12.4 Å². The Morgan fingerprint density at radius 2 is 1.80 bits per heavy atom. The summed E-state index contributed by atoms with van der Waals surface area (Å²) in [5.74, 6) is 0. The molecule has 0 atom stereocenters. The molecule has 84 valence electrons. The van der Waals surface area contributed by atoms with Gasteiger partial charge in [0.25, 0.3) is 0 Å². The number of benzene rings is 1. The lowest BCUT2D eigenvalue weighted by molar-refractivity contribution is 0.501. The molecule has 0 aliphatic carbocycles. The summed E-state index contributed by atoms with van der Waals surface area (Å²) < 4.78 is 0. The van der Waals surface area contributed by atoms with E-state index in [9.17, 15) is 0 Å². The number of nitrogens with zero attached hydrogens (tertiary/aromatic N) is 1. The van der Waals surface area contributed by atoms with Crippen molar-refractivity contribution >= 4 is 29.7 Å². The summed E-state index contributed by atoms with van der Waals surface area (Å²) in [5, 5.41) is 0.836. The molecule has 0 spiro atoms. The molecule has 2 nitrogen and oxygen atoms in total. The number of para-hydroxylation sites is 1. The lowest BCUT2D eigenvalue weighted by Crippen LogP contribution is -2.39. The molecule has 1 aliphatic rings. The zero-order valence-corrected chi connectivity index (χ0v) is 10.1. The van der Waals surface area contributed by atoms with Crippen LogP contribution in [0.25, 0.3) is 0 Å². The van der Waals surface area contributed by atoms with Crippen LogP contribution in [0.4, 0.5) is 5.69 Å². The molecule has 15 heavy (non-hydrogen) atoms. The van der Waals surface area contributed by atoms with E-state index in [-0.39, 0.29) is 12.4 Å². The van der Waals surface area contributed by atoms with E-state index in [1.54, 1.807) is 0 Å². The highest BCUT2D eigenvalue weighted by atomic mass is 35.5. The standard InChI is InChI=1S/C11H15ClN2.ClH/c12-10-3-1-2-4-11(10)14-7-5-9(13)6-8-14;/h1-4,9H,5-8,13H2;1H. The maximum absolute atomic E-state index is 6.12. The van der Waals surface area contributed by atoms with Crippen LogP contribution in [0.2, 0.25) is 5.02 Å². The lowest BCUT2D eigenvalue weighted by atomic mass is 10.1. The fraction of sp³-hybridized carbons (Fsp3) is 0.455. The highest BCUT2D eigenvalue weighted by Crippen LogP contribution is 2.27. The van der Waals surface area contributed by atoms with Crippen molar-refractivity contribution in [3.63, 3.8) is 0 Å². The van der Waals surface area contributed by atoms with Gasteiger partial charge in [-0.05, 0) is 25.0 Å². The first-order valence-corrected chi connectivity index (χ1v) is 5.40. The zero-order chi connectivity index (χ0) is 9.97. The number of piperidine rings is 1. The normalized spacial score (nSPS) is 17.3. The molecule has 0 unspecified atom stereocenters. The van der Waals surface area contributed by atoms with Crippen molar-refractivity contribution in [3.8, 4) is 0 Å². The van der Waals surface area contributed by atoms with E-state index in [2.05, 4.69) is 11.0 Å². The first kappa shape index (κ1) is 12.6. The van der Waals surface area contributed by atoms with Crippen molar-refractivity contribution in [2.45, 2.75) is 18.9 Å². The van der Waals surface area contributed by atoms with Crippen molar-refractivity contribution in [2.75, 3.05) is 18.0 Å². The molecule has 2 rings (SSSR count). The van der Waals surface area contributed by atoms with Crippen molar-refractivity contribution in [1.29, 1.82) is 0 Å². The Morgan fingerprint density at radius 1 is 1.20 bits per heavy atom. The predicted octanol–water partition coefficient (Wildman–Crippen LogP) is 2.69. The van der Waals surface area contributed by atoms with Gasteiger partial charge in [0.2, 0.25) is 0 Å².